The van der Waals surface area contributed by atoms with Gasteiger partial charge in [0, 0.05) is 12.8 Å². The van der Waals surface area contributed by atoms with Crippen LogP contribution in [0, 0.1) is 0 Å². The first-order valence-corrected chi connectivity index (χ1v) is 33.3. The number of ether oxygens (including phenoxy) is 1. The zero-order valence-corrected chi connectivity index (χ0v) is 49.2. The summed E-state index contributed by atoms with van der Waals surface area (Å²) in [6.45, 7) is 4.96. The number of carbonyl (C=O) groups is 2. The molecule has 0 aromatic rings. The van der Waals surface area contributed by atoms with Gasteiger partial charge in [0.2, 0.25) is 5.91 Å². The van der Waals surface area contributed by atoms with Gasteiger partial charge in [-0.2, -0.15) is 0 Å². The van der Waals surface area contributed by atoms with E-state index in [0.717, 1.165) is 57.8 Å². The van der Waals surface area contributed by atoms with Crippen molar-refractivity contribution in [1.82, 2.24) is 5.32 Å². The molecule has 0 aromatic heterocycles. The van der Waals surface area contributed by atoms with Gasteiger partial charge in [-0.25, -0.2) is 0 Å². The van der Waals surface area contributed by atoms with Crippen LogP contribution in [0.25, 0.3) is 0 Å². The molecule has 0 fully saturated rings. The minimum absolute atomic E-state index is 0.00674. The lowest BCUT2D eigenvalue weighted by Gasteiger charge is -2.22. The normalized spacial score (nSPS) is 12.4. The fraction of sp³-hybridized carbons (Fsp3) is 0.970. The number of hydrogen-bond acceptors (Lipinski definition) is 5. The van der Waals surface area contributed by atoms with Gasteiger partial charge in [-0.1, -0.05) is 348 Å². The second-order valence-corrected chi connectivity index (χ2v) is 23.2. The lowest BCUT2D eigenvalue weighted by atomic mass is 10.0. The van der Waals surface area contributed by atoms with Gasteiger partial charge in [-0.3, -0.25) is 9.59 Å². The van der Waals surface area contributed by atoms with E-state index in [1.807, 2.05) is 0 Å². The Hall–Kier alpha value is -1.14. The van der Waals surface area contributed by atoms with Crippen LogP contribution in [0.15, 0.2) is 0 Å². The Morgan fingerprint density at radius 3 is 0.847 bits per heavy atom. The molecule has 0 aliphatic carbocycles. The van der Waals surface area contributed by atoms with Crippen molar-refractivity contribution in [3.8, 4) is 0 Å². The number of aliphatic hydroxyl groups is 2. The molecular formula is C66H131NO5. The van der Waals surface area contributed by atoms with Crippen molar-refractivity contribution in [1.29, 1.82) is 0 Å². The van der Waals surface area contributed by atoms with Crippen LogP contribution in [0.5, 0.6) is 0 Å². The highest BCUT2D eigenvalue weighted by Crippen LogP contribution is 2.19. The van der Waals surface area contributed by atoms with E-state index in [0.29, 0.717) is 25.9 Å². The molecule has 1 amide bonds. The second kappa shape index (κ2) is 62.4. The molecular weight excluding hydrogens is 887 g/mol. The van der Waals surface area contributed by atoms with E-state index < -0.39 is 12.1 Å². The summed E-state index contributed by atoms with van der Waals surface area (Å²) in [5.74, 6) is -0.0544. The standard InChI is InChI=1S/C66H131NO5/c1-3-5-7-9-11-13-15-17-19-21-23-24-25-26-27-28-30-31-33-35-38-42-46-50-54-58-64(69)63(62-68)67-65(70)59-55-51-47-43-39-37-41-45-49-53-57-61-72-66(71)60-56-52-48-44-40-36-34-32-29-22-20-18-16-14-12-10-8-6-4-2/h63-64,68-69H,3-62H2,1-2H3,(H,67,70). The summed E-state index contributed by atoms with van der Waals surface area (Å²) < 4.78 is 5.49. The lowest BCUT2D eigenvalue weighted by Crippen LogP contribution is -2.45. The maximum Gasteiger partial charge on any atom is 0.305 e. The fourth-order valence-corrected chi connectivity index (χ4v) is 10.8. The molecule has 2 atom stereocenters. The van der Waals surface area contributed by atoms with Crippen LogP contribution in [0.2, 0.25) is 0 Å². The van der Waals surface area contributed by atoms with E-state index in [9.17, 15) is 19.8 Å². The largest absolute Gasteiger partial charge is 0.466 e. The molecule has 0 saturated heterocycles. The quantitative estimate of drug-likeness (QED) is 0.0417. The van der Waals surface area contributed by atoms with Gasteiger partial charge in [-0.15, -0.1) is 0 Å². The van der Waals surface area contributed by atoms with Crippen LogP contribution in [0.3, 0.4) is 0 Å². The summed E-state index contributed by atoms with van der Waals surface area (Å²) in [6.07, 6.45) is 74.1. The molecule has 0 aromatic carbocycles. The van der Waals surface area contributed by atoms with Crippen LogP contribution in [0.1, 0.15) is 386 Å². The number of carbonyl (C=O) groups excluding carboxylic acids is 2. The highest BCUT2D eigenvalue weighted by molar-refractivity contribution is 5.76. The number of amides is 1. The van der Waals surface area contributed by atoms with Gasteiger partial charge < -0.3 is 20.3 Å². The van der Waals surface area contributed by atoms with Crippen molar-refractivity contribution < 1.29 is 24.5 Å². The monoisotopic (exact) mass is 1020 g/mol. The number of nitrogens with one attached hydrogen (secondary N) is 1. The summed E-state index contributed by atoms with van der Waals surface area (Å²) in [6, 6.07) is -0.556. The molecule has 0 saturated carbocycles. The molecule has 0 heterocycles. The summed E-state index contributed by atoms with van der Waals surface area (Å²) in [5.41, 5.74) is 0. The number of hydrogen-bond donors (Lipinski definition) is 3. The Morgan fingerprint density at radius 1 is 0.333 bits per heavy atom. The highest BCUT2D eigenvalue weighted by atomic mass is 16.5. The number of aliphatic hydroxyl groups excluding tert-OH is 2. The average Bonchev–Trinajstić information content (AvgIpc) is 3.38. The smallest absolute Gasteiger partial charge is 0.305 e. The molecule has 0 rings (SSSR count). The molecule has 430 valence electrons. The molecule has 2 unspecified atom stereocenters. The van der Waals surface area contributed by atoms with E-state index in [2.05, 4.69) is 19.2 Å². The Kier molecular flexibility index (Phi) is 61.4. The van der Waals surface area contributed by atoms with Gasteiger partial charge >= 0.3 is 5.97 Å². The van der Waals surface area contributed by atoms with Crippen LogP contribution >= 0.6 is 0 Å². The third-order valence-corrected chi connectivity index (χ3v) is 15.9. The Labute approximate surface area is 451 Å². The summed E-state index contributed by atoms with van der Waals surface area (Å²) >= 11 is 0. The van der Waals surface area contributed by atoms with Crippen LogP contribution < -0.4 is 5.32 Å². The van der Waals surface area contributed by atoms with Gasteiger partial charge in [0.1, 0.15) is 0 Å². The molecule has 3 N–H and O–H groups in total. The zero-order chi connectivity index (χ0) is 52.2. The zero-order valence-electron chi connectivity index (χ0n) is 49.2. The predicted octanol–water partition coefficient (Wildman–Crippen LogP) is 21.0. The van der Waals surface area contributed by atoms with Crippen LogP contribution in [-0.2, 0) is 14.3 Å². The molecule has 72 heavy (non-hydrogen) atoms. The maximum atomic E-state index is 12.5. The van der Waals surface area contributed by atoms with Crippen LogP contribution in [-0.4, -0.2) is 47.4 Å². The fourth-order valence-electron chi connectivity index (χ4n) is 10.8. The molecule has 0 bridgehead atoms. The van der Waals surface area contributed by atoms with E-state index >= 15 is 0 Å². The minimum Gasteiger partial charge on any atom is -0.466 e. The SMILES string of the molecule is CCCCCCCCCCCCCCCCCCCCCCCCCCCC(O)C(CO)NC(=O)CCCCCCCCCCCCCOC(=O)CCCCCCCCCCCCCCCCCCCCC. The molecule has 6 nitrogen and oxygen atoms in total. The van der Waals surface area contributed by atoms with Crippen molar-refractivity contribution >= 4 is 11.9 Å². The van der Waals surface area contributed by atoms with E-state index in [4.69, 9.17) is 4.74 Å². The van der Waals surface area contributed by atoms with Crippen molar-refractivity contribution in [2.75, 3.05) is 13.2 Å². The van der Waals surface area contributed by atoms with E-state index in [1.54, 1.807) is 0 Å². The van der Waals surface area contributed by atoms with Crippen LogP contribution in [0.4, 0.5) is 0 Å². The average molecular weight is 1020 g/mol. The lowest BCUT2D eigenvalue weighted by molar-refractivity contribution is -0.143. The van der Waals surface area contributed by atoms with Crippen molar-refractivity contribution in [3.05, 3.63) is 0 Å². The third kappa shape index (κ3) is 58.1. The minimum atomic E-state index is -0.677. The second-order valence-electron chi connectivity index (χ2n) is 23.2. The molecule has 0 radical (unpaired) electrons. The van der Waals surface area contributed by atoms with Crippen molar-refractivity contribution in [2.45, 2.75) is 398 Å². The first kappa shape index (κ1) is 70.9. The van der Waals surface area contributed by atoms with Gasteiger partial charge in [0.05, 0.1) is 25.4 Å². The summed E-state index contributed by atoms with van der Waals surface area (Å²) in [4.78, 5) is 24.7. The number of unbranched alkanes of at least 4 members (excludes halogenated alkanes) is 52. The third-order valence-electron chi connectivity index (χ3n) is 15.9. The van der Waals surface area contributed by atoms with Crippen molar-refractivity contribution in [2.24, 2.45) is 0 Å². The number of rotatable bonds is 63. The first-order valence-electron chi connectivity index (χ1n) is 33.3. The van der Waals surface area contributed by atoms with Gasteiger partial charge in [0.25, 0.3) is 0 Å². The number of esters is 1. The van der Waals surface area contributed by atoms with E-state index in [-0.39, 0.29) is 18.5 Å². The topological polar surface area (TPSA) is 95.9 Å². The molecule has 0 aliphatic heterocycles. The Bertz CT molecular complexity index is 1040. The molecule has 6 heteroatoms. The van der Waals surface area contributed by atoms with Gasteiger partial charge in [-0.05, 0) is 25.7 Å². The van der Waals surface area contributed by atoms with Crippen molar-refractivity contribution in [3.63, 3.8) is 0 Å². The first-order chi connectivity index (χ1) is 35.5. The summed E-state index contributed by atoms with van der Waals surface area (Å²) in [7, 11) is 0. The Balaban J connectivity index is 3.41. The van der Waals surface area contributed by atoms with Gasteiger partial charge in [0.15, 0.2) is 0 Å². The highest BCUT2D eigenvalue weighted by Gasteiger charge is 2.20. The van der Waals surface area contributed by atoms with E-state index in [1.165, 1.54) is 295 Å². The summed E-state index contributed by atoms with van der Waals surface area (Å²) in [5, 5.41) is 23.4. The maximum absolute atomic E-state index is 12.5. The molecule has 0 spiro atoms. The molecule has 0 aliphatic rings. The Morgan fingerprint density at radius 2 is 0.569 bits per heavy atom. The predicted molar refractivity (Wildman–Crippen MR) is 315 cm³/mol.